The van der Waals surface area contributed by atoms with Crippen molar-refractivity contribution in [3.05, 3.63) is 89.7 Å². The van der Waals surface area contributed by atoms with Crippen LogP contribution in [0, 0.1) is 0 Å². The molecule has 0 atom stereocenters. The summed E-state index contributed by atoms with van der Waals surface area (Å²) in [5.74, 6) is -1.06. The second kappa shape index (κ2) is 16.2. The number of carbonyl (C=O) groups is 3. The van der Waals surface area contributed by atoms with Crippen LogP contribution < -0.4 is 5.32 Å². The van der Waals surface area contributed by atoms with Crippen LogP contribution in [0.5, 0.6) is 0 Å². The molecule has 12 heteroatoms. The molecule has 2 aromatic heterocycles. The van der Waals surface area contributed by atoms with Crippen LogP contribution in [0.4, 0.5) is 4.79 Å². The smallest absolute Gasteiger partial charge is 0.424 e. The van der Waals surface area contributed by atoms with Gasteiger partial charge in [-0.05, 0) is 40.5 Å². The van der Waals surface area contributed by atoms with E-state index in [1.165, 1.54) is 16.1 Å². The number of aliphatic carboxylic acids is 1. The summed E-state index contributed by atoms with van der Waals surface area (Å²) in [6.07, 6.45) is 1.45. The fourth-order valence-electron chi connectivity index (χ4n) is 5.73. The number of aryl methyl sites for hydroxylation is 1. The number of carbonyl (C=O) groups excluding carboxylic acids is 2. The Bertz CT molecular complexity index is 1640. The van der Waals surface area contributed by atoms with Crippen molar-refractivity contribution in [1.82, 2.24) is 24.9 Å². The molecule has 4 aromatic rings. The molecule has 47 heavy (non-hydrogen) atoms. The van der Waals surface area contributed by atoms with Crippen LogP contribution in [0.3, 0.4) is 0 Å². The number of hydrogen-bond acceptors (Lipinski definition) is 8. The van der Waals surface area contributed by atoms with Crippen molar-refractivity contribution in [2.75, 3.05) is 53.7 Å². The van der Waals surface area contributed by atoms with Crippen LogP contribution >= 0.6 is 0 Å². The third kappa shape index (κ3) is 8.53. The molecule has 0 saturated heterocycles. The summed E-state index contributed by atoms with van der Waals surface area (Å²) >= 11 is 0. The second-order valence-electron chi connectivity index (χ2n) is 11.3. The predicted molar refractivity (Wildman–Crippen MR) is 176 cm³/mol. The van der Waals surface area contributed by atoms with Crippen LogP contribution in [0.25, 0.3) is 22.2 Å². The SMILES string of the molecule is CN(Cc1cc2cccnc2n1CCC(=O)NCCOCCOCCC(=O)O)N(C)C(=O)OCC1c2ccccc2-c2ccccc21. The molecule has 0 spiro atoms. The minimum Gasteiger partial charge on any atom is -0.481 e. The molecule has 1 aliphatic rings. The molecular formula is C35H41N5O7. The van der Waals surface area contributed by atoms with Gasteiger partial charge in [0.15, 0.2) is 0 Å². The molecule has 0 bridgehead atoms. The summed E-state index contributed by atoms with van der Waals surface area (Å²) in [5.41, 5.74) is 6.33. The van der Waals surface area contributed by atoms with Gasteiger partial charge in [-0.1, -0.05) is 48.5 Å². The maximum atomic E-state index is 13.2. The average Bonchev–Trinajstić information content (AvgIpc) is 3.59. The minimum absolute atomic E-state index is 0.0270. The van der Waals surface area contributed by atoms with Crippen LogP contribution in [0.15, 0.2) is 72.9 Å². The monoisotopic (exact) mass is 643 g/mol. The fraction of sp³-hybridized carbons (Fsp3) is 0.371. The van der Waals surface area contributed by atoms with Crippen LogP contribution in [0.2, 0.25) is 0 Å². The van der Waals surface area contributed by atoms with E-state index >= 15 is 0 Å². The van der Waals surface area contributed by atoms with E-state index in [9.17, 15) is 14.4 Å². The van der Waals surface area contributed by atoms with Gasteiger partial charge >= 0.3 is 12.1 Å². The molecule has 0 radical (unpaired) electrons. The topological polar surface area (TPSA) is 135 Å². The van der Waals surface area contributed by atoms with Crippen molar-refractivity contribution >= 4 is 29.0 Å². The van der Waals surface area contributed by atoms with Crippen LogP contribution in [-0.2, 0) is 36.9 Å². The molecule has 5 rings (SSSR count). The van der Waals surface area contributed by atoms with E-state index < -0.39 is 12.1 Å². The van der Waals surface area contributed by atoms with Gasteiger partial charge < -0.3 is 29.2 Å². The first kappa shape index (κ1) is 33.6. The van der Waals surface area contributed by atoms with Crippen molar-refractivity contribution in [1.29, 1.82) is 0 Å². The number of aromatic nitrogens is 2. The van der Waals surface area contributed by atoms with E-state index in [4.69, 9.17) is 19.3 Å². The molecule has 2 amide bonds. The maximum Gasteiger partial charge on any atom is 0.424 e. The van der Waals surface area contributed by atoms with E-state index in [1.54, 1.807) is 18.3 Å². The predicted octanol–water partition coefficient (Wildman–Crippen LogP) is 4.28. The van der Waals surface area contributed by atoms with Crippen molar-refractivity contribution in [2.45, 2.75) is 31.8 Å². The van der Waals surface area contributed by atoms with Gasteiger partial charge in [0, 0.05) is 56.8 Å². The van der Waals surface area contributed by atoms with E-state index in [1.807, 2.05) is 54.1 Å². The molecule has 1 aliphatic carbocycles. The van der Waals surface area contributed by atoms with E-state index in [-0.39, 0.29) is 37.9 Å². The Balaban J connectivity index is 1.12. The third-order valence-corrected chi connectivity index (χ3v) is 8.21. The zero-order chi connectivity index (χ0) is 33.2. The van der Waals surface area contributed by atoms with Crippen molar-refractivity contribution in [2.24, 2.45) is 0 Å². The van der Waals surface area contributed by atoms with Crippen LogP contribution in [-0.4, -0.2) is 96.3 Å². The molecule has 2 N–H and O–H groups in total. The molecule has 248 valence electrons. The summed E-state index contributed by atoms with van der Waals surface area (Å²) in [6, 6.07) is 22.3. The van der Waals surface area contributed by atoms with Gasteiger partial charge in [-0.2, -0.15) is 0 Å². The molecule has 2 heterocycles. The number of rotatable bonds is 17. The van der Waals surface area contributed by atoms with Gasteiger partial charge in [0.05, 0.1) is 39.4 Å². The fourth-order valence-corrected chi connectivity index (χ4v) is 5.73. The van der Waals surface area contributed by atoms with E-state index in [0.29, 0.717) is 39.5 Å². The highest BCUT2D eigenvalue weighted by atomic mass is 16.6. The zero-order valence-electron chi connectivity index (χ0n) is 26.8. The zero-order valence-corrected chi connectivity index (χ0v) is 26.8. The lowest BCUT2D eigenvalue weighted by atomic mass is 9.98. The number of pyridine rings is 1. The number of hydrogen-bond donors (Lipinski definition) is 2. The lowest BCUT2D eigenvalue weighted by Crippen LogP contribution is -2.41. The Kier molecular flexibility index (Phi) is 11.6. The number of amides is 2. The lowest BCUT2D eigenvalue weighted by molar-refractivity contribution is -0.138. The Morgan fingerprint density at radius 1 is 0.894 bits per heavy atom. The standard InChI is InChI=1S/C35H41N5O7/c1-38(39(2)35(44)47-24-31-29-11-5-3-9-27(29)28-10-4-6-12-30(28)31)23-26-22-25-8-7-15-37-34(25)40(26)17-13-32(41)36-16-19-46-21-20-45-18-14-33(42)43/h3-12,15,22,31H,13-14,16-21,23-24H2,1-2H3,(H,36,41)(H,42,43). The second-order valence-corrected chi connectivity index (χ2v) is 11.3. The Hall–Kier alpha value is -4.78. The summed E-state index contributed by atoms with van der Waals surface area (Å²) in [5, 5.41) is 15.7. The number of carboxylic acids is 1. The number of nitrogens with zero attached hydrogens (tertiary/aromatic N) is 4. The first-order valence-electron chi connectivity index (χ1n) is 15.7. The molecule has 0 unspecified atom stereocenters. The summed E-state index contributed by atoms with van der Waals surface area (Å²) in [7, 11) is 3.50. The van der Waals surface area contributed by atoms with Gasteiger partial charge in [-0.25, -0.2) is 19.8 Å². The average molecular weight is 644 g/mol. The number of hydrazine groups is 1. The molecular weight excluding hydrogens is 602 g/mol. The lowest BCUT2D eigenvalue weighted by Gasteiger charge is -2.28. The van der Waals surface area contributed by atoms with Gasteiger partial charge in [0.1, 0.15) is 12.3 Å². The van der Waals surface area contributed by atoms with Gasteiger partial charge in [-0.3, -0.25) is 9.59 Å². The maximum absolute atomic E-state index is 13.2. The van der Waals surface area contributed by atoms with Crippen molar-refractivity contribution in [3.63, 3.8) is 0 Å². The largest absolute Gasteiger partial charge is 0.481 e. The number of carboxylic acid groups (broad SMARTS) is 1. The highest BCUT2D eigenvalue weighted by Gasteiger charge is 2.30. The normalized spacial score (nSPS) is 12.2. The number of fused-ring (bicyclic) bond motifs is 4. The molecule has 2 aromatic carbocycles. The molecule has 0 fully saturated rings. The summed E-state index contributed by atoms with van der Waals surface area (Å²) < 4.78 is 18.5. The number of benzene rings is 2. The van der Waals surface area contributed by atoms with Gasteiger partial charge in [0.25, 0.3) is 0 Å². The van der Waals surface area contributed by atoms with Crippen LogP contribution in [0.1, 0.15) is 35.6 Å². The Morgan fingerprint density at radius 3 is 2.28 bits per heavy atom. The van der Waals surface area contributed by atoms with E-state index in [0.717, 1.165) is 27.9 Å². The number of ether oxygens (including phenoxy) is 3. The van der Waals surface area contributed by atoms with Crippen molar-refractivity contribution in [3.8, 4) is 11.1 Å². The summed E-state index contributed by atoms with van der Waals surface area (Å²) in [6.45, 7) is 2.45. The molecule has 0 saturated carbocycles. The number of nitrogens with one attached hydrogen (secondary N) is 1. The molecule has 12 nitrogen and oxygen atoms in total. The quantitative estimate of drug-likeness (QED) is 0.128. The Labute approximate surface area is 273 Å². The Morgan fingerprint density at radius 2 is 1.57 bits per heavy atom. The van der Waals surface area contributed by atoms with Crippen molar-refractivity contribution < 1.29 is 33.7 Å². The highest BCUT2D eigenvalue weighted by Crippen LogP contribution is 2.44. The highest BCUT2D eigenvalue weighted by molar-refractivity contribution is 5.80. The third-order valence-electron chi connectivity index (χ3n) is 8.21. The molecule has 0 aliphatic heterocycles. The first-order valence-corrected chi connectivity index (χ1v) is 15.7. The summed E-state index contributed by atoms with van der Waals surface area (Å²) in [4.78, 5) is 40.9. The first-order chi connectivity index (χ1) is 22.8. The minimum atomic E-state index is -0.905. The van der Waals surface area contributed by atoms with Gasteiger partial charge in [-0.15, -0.1) is 0 Å². The van der Waals surface area contributed by atoms with Gasteiger partial charge in [0.2, 0.25) is 5.91 Å². The van der Waals surface area contributed by atoms with E-state index in [2.05, 4.69) is 34.6 Å².